The minimum Gasteiger partial charge on any atom is -0.378 e. The van der Waals surface area contributed by atoms with Gasteiger partial charge in [0.25, 0.3) is 0 Å². The van der Waals surface area contributed by atoms with Crippen molar-refractivity contribution in [3.8, 4) is 0 Å². The summed E-state index contributed by atoms with van der Waals surface area (Å²) in [5.74, 6) is 0. The monoisotopic (exact) mass is 322 g/mol. The van der Waals surface area contributed by atoms with Gasteiger partial charge in [0.2, 0.25) is 0 Å². The van der Waals surface area contributed by atoms with Gasteiger partial charge in [-0.05, 0) is 38.3 Å². The fraction of sp³-hybridized carbons (Fsp3) is 0.667. The lowest BCUT2D eigenvalue weighted by atomic mass is 10.1. The van der Waals surface area contributed by atoms with E-state index in [2.05, 4.69) is 67.5 Å². The van der Waals surface area contributed by atoms with Crippen LogP contribution in [-0.4, -0.2) is 54.1 Å². The fourth-order valence-electron chi connectivity index (χ4n) is 2.78. The Kier molecular flexibility index (Phi) is 7.22. The maximum absolute atomic E-state index is 5.61. The zero-order valence-corrected chi connectivity index (χ0v) is 15.1. The highest BCUT2D eigenvalue weighted by molar-refractivity contribution is 7.80. The Morgan fingerprint density at radius 2 is 1.59 bits per heavy atom. The van der Waals surface area contributed by atoms with E-state index in [4.69, 9.17) is 4.74 Å². The SMILES string of the molecule is CC(C)OCCc1ccc(CN2CCN([C@H](C)S)CC2)cc1. The van der Waals surface area contributed by atoms with Crippen LogP contribution in [0.2, 0.25) is 0 Å². The quantitative estimate of drug-likeness (QED) is 0.777. The Bertz CT molecular complexity index is 425. The molecule has 0 saturated carbocycles. The third-order valence-corrected chi connectivity index (χ3v) is 4.53. The molecule has 1 atom stereocenters. The predicted molar refractivity (Wildman–Crippen MR) is 96.5 cm³/mol. The van der Waals surface area contributed by atoms with Crippen LogP contribution in [0, 0.1) is 0 Å². The van der Waals surface area contributed by atoms with E-state index in [1.165, 1.54) is 11.1 Å². The normalized spacial score (nSPS) is 18.8. The van der Waals surface area contributed by atoms with Gasteiger partial charge in [-0.3, -0.25) is 9.80 Å². The Balaban J connectivity index is 1.75. The highest BCUT2D eigenvalue weighted by atomic mass is 32.1. The van der Waals surface area contributed by atoms with E-state index in [-0.39, 0.29) is 0 Å². The summed E-state index contributed by atoms with van der Waals surface area (Å²) >= 11 is 4.52. The van der Waals surface area contributed by atoms with E-state index in [9.17, 15) is 0 Å². The molecule has 0 radical (unpaired) electrons. The van der Waals surface area contributed by atoms with Crippen molar-refractivity contribution in [1.29, 1.82) is 0 Å². The highest BCUT2D eigenvalue weighted by Gasteiger charge is 2.18. The predicted octanol–water partition coefficient (Wildman–Crippen LogP) is 3.05. The summed E-state index contributed by atoms with van der Waals surface area (Å²) < 4.78 is 5.61. The summed E-state index contributed by atoms with van der Waals surface area (Å²) in [7, 11) is 0. The summed E-state index contributed by atoms with van der Waals surface area (Å²) in [6.45, 7) is 12.7. The molecule has 3 nitrogen and oxygen atoms in total. The smallest absolute Gasteiger partial charge is 0.0519 e. The van der Waals surface area contributed by atoms with Crippen molar-refractivity contribution in [3.63, 3.8) is 0 Å². The average Bonchev–Trinajstić information content (AvgIpc) is 2.49. The molecular weight excluding hydrogens is 292 g/mol. The van der Waals surface area contributed by atoms with Crippen LogP contribution in [0.4, 0.5) is 0 Å². The van der Waals surface area contributed by atoms with Crippen LogP contribution in [0.25, 0.3) is 0 Å². The van der Waals surface area contributed by atoms with E-state index >= 15 is 0 Å². The number of thiol groups is 1. The maximum atomic E-state index is 5.61. The van der Waals surface area contributed by atoms with Crippen molar-refractivity contribution in [2.75, 3.05) is 32.8 Å². The highest BCUT2D eigenvalue weighted by Crippen LogP contribution is 2.13. The average molecular weight is 323 g/mol. The molecule has 0 aromatic heterocycles. The van der Waals surface area contributed by atoms with Crippen LogP contribution in [0.3, 0.4) is 0 Å². The molecule has 22 heavy (non-hydrogen) atoms. The van der Waals surface area contributed by atoms with E-state index in [0.29, 0.717) is 11.5 Å². The standard InChI is InChI=1S/C18H30N2OS/c1-15(2)21-13-8-17-4-6-18(7-5-17)14-19-9-11-20(12-10-19)16(3)22/h4-7,15-16,22H,8-14H2,1-3H3/t16-/m0/s1. The Morgan fingerprint density at radius 1 is 1.00 bits per heavy atom. The molecule has 4 heteroatoms. The summed E-state index contributed by atoms with van der Waals surface area (Å²) in [6, 6.07) is 9.01. The molecule has 0 aliphatic carbocycles. The first-order valence-electron chi connectivity index (χ1n) is 8.38. The molecule has 0 bridgehead atoms. The van der Waals surface area contributed by atoms with Crippen LogP contribution in [-0.2, 0) is 17.7 Å². The maximum Gasteiger partial charge on any atom is 0.0519 e. The fourth-order valence-corrected chi connectivity index (χ4v) is 3.01. The largest absolute Gasteiger partial charge is 0.378 e. The van der Waals surface area contributed by atoms with Gasteiger partial charge < -0.3 is 4.74 Å². The van der Waals surface area contributed by atoms with Crippen molar-refractivity contribution >= 4 is 12.6 Å². The van der Waals surface area contributed by atoms with Gasteiger partial charge in [-0.2, -0.15) is 12.6 Å². The molecular formula is C18H30N2OS. The Hall–Kier alpha value is -0.550. The first kappa shape index (κ1) is 17.8. The van der Waals surface area contributed by atoms with Gasteiger partial charge >= 0.3 is 0 Å². The van der Waals surface area contributed by atoms with Crippen molar-refractivity contribution < 1.29 is 4.74 Å². The van der Waals surface area contributed by atoms with Crippen LogP contribution < -0.4 is 0 Å². The second kappa shape index (κ2) is 8.92. The molecule has 1 aliphatic rings. The lowest BCUT2D eigenvalue weighted by molar-refractivity contribution is 0.0813. The van der Waals surface area contributed by atoms with Crippen molar-refractivity contribution in [2.45, 2.75) is 45.2 Å². The second-order valence-electron chi connectivity index (χ2n) is 6.43. The Morgan fingerprint density at radius 3 is 2.14 bits per heavy atom. The molecule has 124 valence electrons. The number of rotatable bonds is 7. The van der Waals surface area contributed by atoms with Gasteiger partial charge in [0.15, 0.2) is 0 Å². The van der Waals surface area contributed by atoms with E-state index in [1.807, 2.05) is 0 Å². The van der Waals surface area contributed by atoms with Crippen LogP contribution in [0.1, 0.15) is 31.9 Å². The van der Waals surface area contributed by atoms with Gasteiger partial charge in [-0.25, -0.2) is 0 Å². The molecule has 2 rings (SSSR count). The lowest BCUT2D eigenvalue weighted by Gasteiger charge is -2.36. The van der Waals surface area contributed by atoms with Crippen molar-refractivity contribution in [1.82, 2.24) is 9.80 Å². The van der Waals surface area contributed by atoms with Crippen LogP contribution in [0.5, 0.6) is 0 Å². The van der Waals surface area contributed by atoms with Gasteiger partial charge in [0, 0.05) is 38.1 Å². The molecule has 1 fully saturated rings. The molecule has 0 unspecified atom stereocenters. The van der Waals surface area contributed by atoms with Crippen molar-refractivity contribution in [3.05, 3.63) is 35.4 Å². The van der Waals surface area contributed by atoms with E-state index in [0.717, 1.165) is 45.8 Å². The first-order chi connectivity index (χ1) is 10.5. The second-order valence-corrected chi connectivity index (χ2v) is 7.18. The summed E-state index contributed by atoms with van der Waals surface area (Å²) in [5, 5.41) is 0.370. The number of benzene rings is 1. The summed E-state index contributed by atoms with van der Waals surface area (Å²) in [4.78, 5) is 4.96. The molecule has 1 heterocycles. The van der Waals surface area contributed by atoms with E-state index < -0.39 is 0 Å². The number of piperazine rings is 1. The lowest BCUT2D eigenvalue weighted by Crippen LogP contribution is -2.47. The van der Waals surface area contributed by atoms with Crippen LogP contribution >= 0.6 is 12.6 Å². The molecule has 1 aromatic rings. The molecule has 0 spiro atoms. The third kappa shape index (κ3) is 5.92. The van der Waals surface area contributed by atoms with Crippen molar-refractivity contribution in [2.24, 2.45) is 0 Å². The summed E-state index contributed by atoms with van der Waals surface area (Å²) in [5.41, 5.74) is 2.76. The zero-order valence-electron chi connectivity index (χ0n) is 14.2. The van der Waals surface area contributed by atoms with E-state index in [1.54, 1.807) is 0 Å². The first-order valence-corrected chi connectivity index (χ1v) is 8.90. The van der Waals surface area contributed by atoms with Gasteiger partial charge in [0.1, 0.15) is 0 Å². The molecule has 1 saturated heterocycles. The molecule has 0 amide bonds. The topological polar surface area (TPSA) is 15.7 Å². The minimum atomic E-state index is 0.318. The zero-order chi connectivity index (χ0) is 15.9. The van der Waals surface area contributed by atoms with Crippen LogP contribution in [0.15, 0.2) is 24.3 Å². The number of hydrogen-bond donors (Lipinski definition) is 1. The Labute approximate surface area is 141 Å². The number of hydrogen-bond acceptors (Lipinski definition) is 4. The van der Waals surface area contributed by atoms with Gasteiger partial charge in [-0.1, -0.05) is 24.3 Å². The van der Waals surface area contributed by atoms with Gasteiger partial charge in [-0.15, -0.1) is 0 Å². The number of ether oxygens (including phenoxy) is 1. The summed E-state index contributed by atoms with van der Waals surface area (Å²) in [6.07, 6.45) is 1.31. The molecule has 1 aromatic carbocycles. The number of nitrogens with zero attached hydrogens (tertiary/aromatic N) is 2. The minimum absolute atomic E-state index is 0.318. The van der Waals surface area contributed by atoms with Gasteiger partial charge in [0.05, 0.1) is 12.7 Å². The third-order valence-electron chi connectivity index (χ3n) is 4.21. The molecule has 1 aliphatic heterocycles. The molecule has 0 N–H and O–H groups in total.